The molecular weight excluding hydrogens is 436 g/mol. The van der Waals surface area contributed by atoms with E-state index >= 15 is 0 Å². The Labute approximate surface area is 202 Å². The second kappa shape index (κ2) is 15.8. The predicted molar refractivity (Wildman–Crippen MR) is 130 cm³/mol. The van der Waals surface area contributed by atoms with E-state index in [1.807, 2.05) is 44.2 Å². The molecule has 190 valence electrons. The number of primary amides is 1. The Morgan fingerprint density at radius 1 is 0.971 bits per heavy atom. The first-order valence-corrected chi connectivity index (χ1v) is 12.0. The molecular formula is C25H40N4O5. The summed E-state index contributed by atoms with van der Waals surface area (Å²) >= 11 is 0. The van der Waals surface area contributed by atoms with Crippen molar-refractivity contribution in [1.82, 2.24) is 16.1 Å². The molecule has 0 aliphatic carbocycles. The molecule has 1 rings (SSSR count). The summed E-state index contributed by atoms with van der Waals surface area (Å²) in [7, 11) is 0. The van der Waals surface area contributed by atoms with Gasteiger partial charge in [0.2, 0.25) is 23.6 Å². The molecule has 0 bridgehead atoms. The van der Waals surface area contributed by atoms with Gasteiger partial charge in [0.05, 0.1) is 6.61 Å². The molecule has 3 atom stereocenters. The number of unbranched alkanes of at least 4 members (excludes halogenated alkanes) is 2. The van der Waals surface area contributed by atoms with E-state index in [9.17, 15) is 19.2 Å². The zero-order valence-corrected chi connectivity index (χ0v) is 20.8. The van der Waals surface area contributed by atoms with Crippen LogP contribution < -0.4 is 21.8 Å². The second-order valence-corrected chi connectivity index (χ2v) is 9.02. The minimum atomic E-state index is -0.855. The van der Waals surface area contributed by atoms with E-state index in [4.69, 9.17) is 10.6 Å². The molecule has 0 unspecified atom stereocenters. The fourth-order valence-electron chi connectivity index (χ4n) is 3.38. The quantitative estimate of drug-likeness (QED) is 0.214. The Balaban J connectivity index is 2.76. The number of nitrogens with two attached hydrogens (primary N) is 1. The molecule has 0 aromatic heterocycles. The molecule has 1 aromatic carbocycles. The van der Waals surface area contributed by atoms with Crippen LogP contribution in [0.2, 0.25) is 0 Å². The molecule has 1 aromatic rings. The van der Waals surface area contributed by atoms with E-state index in [0.717, 1.165) is 24.8 Å². The first kappa shape index (κ1) is 29.1. The summed E-state index contributed by atoms with van der Waals surface area (Å²) in [5, 5.41) is 5.32. The van der Waals surface area contributed by atoms with Crippen molar-refractivity contribution < 1.29 is 24.0 Å². The van der Waals surface area contributed by atoms with Crippen LogP contribution in [0, 0.1) is 11.8 Å². The van der Waals surface area contributed by atoms with Crippen LogP contribution in [0.25, 0.3) is 0 Å². The van der Waals surface area contributed by atoms with E-state index in [1.54, 1.807) is 0 Å². The first-order valence-electron chi connectivity index (χ1n) is 12.0. The highest BCUT2D eigenvalue weighted by molar-refractivity contribution is 5.92. The van der Waals surface area contributed by atoms with Crippen LogP contribution in [-0.2, 0) is 30.6 Å². The lowest BCUT2D eigenvalue weighted by Crippen LogP contribution is -2.53. The monoisotopic (exact) mass is 476 g/mol. The van der Waals surface area contributed by atoms with Crippen molar-refractivity contribution in [2.45, 2.75) is 84.9 Å². The molecule has 5 N–H and O–H groups in total. The first-order chi connectivity index (χ1) is 16.1. The molecule has 0 spiro atoms. The molecule has 0 fully saturated rings. The summed E-state index contributed by atoms with van der Waals surface area (Å²) in [6.45, 7) is 7.62. The summed E-state index contributed by atoms with van der Waals surface area (Å²) in [6.07, 6.45) is 3.53. The van der Waals surface area contributed by atoms with Crippen LogP contribution in [0.1, 0.15) is 71.8 Å². The molecule has 0 saturated carbocycles. The van der Waals surface area contributed by atoms with Gasteiger partial charge < -0.3 is 16.4 Å². The zero-order valence-electron chi connectivity index (χ0n) is 20.8. The minimum absolute atomic E-state index is 0.0575. The summed E-state index contributed by atoms with van der Waals surface area (Å²) in [5.74, 6) is -2.40. The third kappa shape index (κ3) is 11.8. The van der Waals surface area contributed by atoms with Gasteiger partial charge >= 0.3 is 0 Å². The lowest BCUT2D eigenvalue weighted by Gasteiger charge is -2.24. The highest BCUT2D eigenvalue weighted by atomic mass is 16.6. The lowest BCUT2D eigenvalue weighted by molar-refractivity contribution is -0.139. The van der Waals surface area contributed by atoms with Crippen molar-refractivity contribution in [1.29, 1.82) is 0 Å². The molecule has 4 amide bonds. The fraction of sp³-hybridized carbons (Fsp3) is 0.600. The van der Waals surface area contributed by atoms with Crippen molar-refractivity contribution in [2.75, 3.05) is 0 Å². The Hall–Kier alpha value is -2.94. The Bertz CT molecular complexity index is 785. The van der Waals surface area contributed by atoms with Crippen LogP contribution in [0.5, 0.6) is 0 Å². The molecule has 34 heavy (non-hydrogen) atoms. The standard InChI is InChI=1S/C25H40N4O5/c1-5-6-8-13-20(15-22(30)29-34-16-19-11-9-7-10-12-19)24(32)28-21(14-17(2)3)25(33)27-18(4)23(26)31/h7,9-12,17-18,20-21H,5-6,8,13-16H2,1-4H3,(H2,26,31)(H,27,33)(H,28,32)(H,29,30)/t18-,20-,21+/m0/s1. The number of hydrogen-bond acceptors (Lipinski definition) is 5. The number of carbonyl (C=O) groups excluding carboxylic acids is 4. The van der Waals surface area contributed by atoms with E-state index in [2.05, 4.69) is 23.0 Å². The highest BCUT2D eigenvalue weighted by Crippen LogP contribution is 2.16. The number of carbonyl (C=O) groups is 4. The Morgan fingerprint density at radius 2 is 1.65 bits per heavy atom. The molecule has 9 nitrogen and oxygen atoms in total. The Morgan fingerprint density at radius 3 is 2.24 bits per heavy atom. The minimum Gasteiger partial charge on any atom is -0.368 e. The average Bonchev–Trinajstić information content (AvgIpc) is 2.78. The van der Waals surface area contributed by atoms with Crippen molar-refractivity contribution in [3.8, 4) is 0 Å². The van der Waals surface area contributed by atoms with Crippen LogP contribution in [0.15, 0.2) is 30.3 Å². The van der Waals surface area contributed by atoms with Gasteiger partial charge in [-0.1, -0.05) is 70.4 Å². The largest absolute Gasteiger partial charge is 0.368 e. The van der Waals surface area contributed by atoms with Gasteiger partial charge in [-0.3, -0.25) is 24.0 Å². The van der Waals surface area contributed by atoms with Gasteiger partial charge in [-0.15, -0.1) is 0 Å². The zero-order chi connectivity index (χ0) is 25.5. The normalized spacial score (nSPS) is 13.6. The molecule has 0 radical (unpaired) electrons. The number of nitrogens with one attached hydrogen (secondary N) is 3. The maximum Gasteiger partial charge on any atom is 0.244 e. The topological polar surface area (TPSA) is 140 Å². The van der Waals surface area contributed by atoms with Gasteiger partial charge in [0.25, 0.3) is 0 Å². The number of rotatable bonds is 16. The van der Waals surface area contributed by atoms with E-state index in [0.29, 0.717) is 12.8 Å². The number of benzene rings is 1. The molecule has 0 heterocycles. The van der Waals surface area contributed by atoms with Crippen LogP contribution >= 0.6 is 0 Å². The van der Waals surface area contributed by atoms with Gasteiger partial charge in [0.1, 0.15) is 12.1 Å². The number of hydroxylamine groups is 1. The smallest absolute Gasteiger partial charge is 0.244 e. The van der Waals surface area contributed by atoms with E-state index in [1.165, 1.54) is 6.92 Å². The van der Waals surface area contributed by atoms with Crippen molar-refractivity contribution in [3.05, 3.63) is 35.9 Å². The number of hydrogen-bond donors (Lipinski definition) is 4. The molecule has 0 aliphatic rings. The van der Waals surface area contributed by atoms with Crippen LogP contribution in [-0.4, -0.2) is 35.7 Å². The summed E-state index contributed by atoms with van der Waals surface area (Å²) in [5.41, 5.74) is 8.55. The van der Waals surface area contributed by atoms with Gasteiger partial charge in [0, 0.05) is 12.3 Å². The predicted octanol–water partition coefficient (Wildman–Crippen LogP) is 2.34. The van der Waals surface area contributed by atoms with Gasteiger partial charge in [0.15, 0.2) is 0 Å². The van der Waals surface area contributed by atoms with Crippen molar-refractivity contribution in [3.63, 3.8) is 0 Å². The van der Waals surface area contributed by atoms with Gasteiger partial charge in [-0.25, -0.2) is 5.48 Å². The molecule has 9 heteroatoms. The summed E-state index contributed by atoms with van der Waals surface area (Å²) in [4.78, 5) is 54.8. The third-order valence-corrected chi connectivity index (χ3v) is 5.35. The van der Waals surface area contributed by atoms with Crippen LogP contribution in [0.4, 0.5) is 0 Å². The summed E-state index contributed by atoms with van der Waals surface area (Å²) < 4.78 is 0. The van der Waals surface area contributed by atoms with Gasteiger partial charge in [-0.2, -0.15) is 0 Å². The fourth-order valence-corrected chi connectivity index (χ4v) is 3.38. The van der Waals surface area contributed by atoms with E-state index in [-0.39, 0.29) is 24.9 Å². The highest BCUT2D eigenvalue weighted by Gasteiger charge is 2.28. The third-order valence-electron chi connectivity index (χ3n) is 5.35. The Kier molecular flexibility index (Phi) is 13.5. The SMILES string of the molecule is CCCCC[C@@H](CC(=O)NOCc1ccccc1)C(=O)N[C@H](CC(C)C)C(=O)N[C@@H](C)C(N)=O. The van der Waals surface area contributed by atoms with Crippen LogP contribution in [0.3, 0.4) is 0 Å². The molecule has 0 saturated heterocycles. The number of amides is 4. The molecule has 0 aliphatic heterocycles. The van der Waals surface area contributed by atoms with Crippen molar-refractivity contribution >= 4 is 23.6 Å². The lowest BCUT2D eigenvalue weighted by atomic mass is 9.95. The van der Waals surface area contributed by atoms with E-state index < -0.39 is 35.7 Å². The maximum atomic E-state index is 13.1. The second-order valence-electron chi connectivity index (χ2n) is 9.02. The maximum absolute atomic E-state index is 13.1. The average molecular weight is 477 g/mol. The summed E-state index contributed by atoms with van der Waals surface area (Å²) in [6, 6.07) is 7.72. The van der Waals surface area contributed by atoms with Crippen molar-refractivity contribution in [2.24, 2.45) is 17.6 Å². The van der Waals surface area contributed by atoms with Gasteiger partial charge in [-0.05, 0) is 31.2 Å².